The van der Waals surface area contributed by atoms with Crippen molar-refractivity contribution < 1.29 is 23.9 Å². The number of ether oxygens (including phenoxy) is 2. The van der Waals surface area contributed by atoms with Gasteiger partial charge >= 0.3 is 11.9 Å². The lowest BCUT2D eigenvalue weighted by atomic mass is 9.74. The number of rotatable bonds is 4. The zero-order valence-corrected chi connectivity index (χ0v) is 20.1. The number of hydrogen-bond donors (Lipinski definition) is 2. The van der Waals surface area contributed by atoms with Crippen LogP contribution in [0, 0.1) is 13.8 Å². The molecule has 2 aliphatic rings. The van der Waals surface area contributed by atoms with Crippen molar-refractivity contribution in [2.24, 2.45) is 0 Å². The number of amides is 1. The summed E-state index contributed by atoms with van der Waals surface area (Å²) in [6.45, 7) is 7.40. The predicted octanol–water partition coefficient (Wildman–Crippen LogP) is 4.61. The lowest BCUT2D eigenvalue weighted by molar-refractivity contribution is -0.141. The molecule has 0 aromatic heterocycles. The quantitative estimate of drug-likeness (QED) is 0.541. The van der Waals surface area contributed by atoms with E-state index in [1.54, 1.807) is 13.8 Å². The van der Waals surface area contributed by atoms with E-state index >= 15 is 0 Å². The molecule has 5 rings (SSSR count). The van der Waals surface area contributed by atoms with E-state index in [1.165, 1.54) is 0 Å². The average molecular weight is 471 g/mol. The van der Waals surface area contributed by atoms with E-state index < -0.39 is 23.4 Å². The van der Waals surface area contributed by atoms with Crippen LogP contribution in [0.5, 0.6) is 0 Å². The Kier molecular flexibility index (Phi) is 5.35. The second kappa shape index (κ2) is 8.27. The first-order valence-electron chi connectivity index (χ1n) is 11.7. The molecule has 2 N–H and O–H groups in total. The Hall–Kier alpha value is -4.13. The zero-order chi connectivity index (χ0) is 24.9. The average Bonchev–Trinajstić information content (AvgIpc) is 3.10. The number of carbonyl (C=O) groups excluding carboxylic acids is 3. The number of hydrogen-bond acceptors (Lipinski definition) is 6. The molecule has 0 saturated heterocycles. The minimum absolute atomic E-state index is 0.0398. The van der Waals surface area contributed by atoms with Crippen molar-refractivity contribution in [3.63, 3.8) is 0 Å². The van der Waals surface area contributed by atoms with Crippen molar-refractivity contribution in [2.75, 3.05) is 23.8 Å². The van der Waals surface area contributed by atoms with E-state index in [2.05, 4.69) is 10.6 Å². The van der Waals surface area contributed by atoms with Gasteiger partial charge in [-0.15, -0.1) is 0 Å². The van der Waals surface area contributed by atoms with Gasteiger partial charge in [-0.25, -0.2) is 9.59 Å². The van der Waals surface area contributed by atoms with Crippen LogP contribution in [0.3, 0.4) is 0 Å². The first-order valence-corrected chi connectivity index (χ1v) is 11.7. The number of anilines is 2. The smallest absolute Gasteiger partial charge is 0.339 e. The van der Waals surface area contributed by atoms with Gasteiger partial charge in [-0.3, -0.25) is 4.79 Å². The summed E-state index contributed by atoms with van der Waals surface area (Å²) in [6, 6.07) is 15.1. The van der Waals surface area contributed by atoms with Crippen molar-refractivity contribution in [1.82, 2.24) is 0 Å². The molecule has 1 spiro atoms. The third-order valence-electron chi connectivity index (χ3n) is 6.55. The molecule has 2 heterocycles. The molecular weight excluding hydrogens is 444 g/mol. The molecule has 0 fully saturated rings. The van der Waals surface area contributed by atoms with Crippen LogP contribution in [0.15, 0.2) is 54.1 Å². The fourth-order valence-corrected chi connectivity index (χ4v) is 5.22. The van der Waals surface area contributed by atoms with Crippen LogP contribution in [0.2, 0.25) is 0 Å². The number of nitrogens with one attached hydrogen (secondary N) is 2. The lowest BCUT2D eigenvalue weighted by Gasteiger charge is -2.38. The molecule has 178 valence electrons. The Morgan fingerprint density at radius 1 is 0.943 bits per heavy atom. The van der Waals surface area contributed by atoms with Crippen LogP contribution in [0.4, 0.5) is 11.4 Å². The van der Waals surface area contributed by atoms with Crippen LogP contribution < -0.4 is 10.6 Å². The molecule has 7 heteroatoms. The summed E-state index contributed by atoms with van der Waals surface area (Å²) in [4.78, 5) is 41.0. The van der Waals surface area contributed by atoms with E-state index in [-0.39, 0.29) is 24.4 Å². The Labute approximate surface area is 203 Å². The summed E-state index contributed by atoms with van der Waals surface area (Å²) in [6.07, 6.45) is 0. The molecule has 0 aliphatic carbocycles. The minimum Gasteiger partial charge on any atom is -0.463 e. The molecular formula is C28H26N2O5. The van der Waals surface area contributed by atoms with Crippen molar-refractivity contribution in [3.8, 4) is 0 Å². The molecule has 0 radical (unpaired) electrons. The first-order chi connectivity index (χ1) is 16.8. The molecule has 1 unspecified atom stereocenters. The normalized spacial score (nSPS) is 18.1. The number of aryl methyl sites for hydroxylation is 2. The highest BCUT2D eigenvalue weighted by molar-refractivity contribution is 6.32. The number of benzene rings is 3. The van der Waals surface area contributed by atoms with Gasteiger partial charge in [0.2, 0.25) is 0 Å². The Morgan fingerprint density at radius 2 is 1.66 bits per heavy atom. The highest BCUT2D eigenvalue weighted by Crippen LogP contribution is 2.53. The Bertz CT molecular complexity index is 1460. The third-order valence-corrected chi connectivity index (χ3v) is 6.55. The molecule has 35 heavy (non-hydrogen) atoms. The number of esters is 2. The lowest BCUT2D eigenvalue weighted by Crippen LogP contribution is -2.49. The summed E-state index contributed by atoms with van der Waals surface area (Å²) in [5, 5.41) is 7.95. The maximum absolute atomic E-state index is 13.8. The molecule has 1 amide bonds. The van der Waals surface area contributed by atoms with Crippen LogP contribution >= 0.6 is 0 Å². The summed E-state index contributed by atoms with van der Waals surface area (Å²) in [7, 11) is 0. The molecule has 0 saturated carbocycles. The maximum Gasteiger partial charge on any atom is 0.339 e. The van der Waals surface area contributed by atoms with Crippen molar-refractivity contribution in [1.29, 1.82) is 0 Å². The van der Waals surface area contributed by atoms with Gasteiger partial charge < -0.3 is 20.1 Å². The van der Waals surface area contributed by atoms with Crippen LogP contribution in [0.1, 0.15) is 36.1 Å². The molecule has 7 nitrogen and oxygen atoms in total. The predicted molar refractivity (Wildman–Crippen MR) is 134 cm³/mol. The van der Waals surface area contributed by atoms with Gasteiger partial charge in [0.15, 0.2) is 5.54 Å². The van der Waals surface area contributed by atoms with Gasteiger partial charge in [0.05, 0.1) is 30.0 Å². The standard InChI is InChI=1S/C28H26N2O5/c1-5-34-25(31)22-21-18-10-8-7-9-17(18)11-12-20(21)30-28(23(22)26(32)35-6-2)19-14-15(3)13-16(4)24(19)29-27(28)33/h7-14,30H,5-6H2,1-4H3,(H,29,33). The second-order valence-electron chi connectivity index (χ2n) is 8.73. The van der Waals surface area contributed by atoms with Crippen molar-refractivity contribution in [2.45, 2.75) is 33.2 Å². The molecule has 1 atom stereocenters. The van der Waals surface area contributed by atoms with Crippen molar-refractivity contribution in [3.05, 3.63) is 76.4 Å². The first kappa shape index (κ1) is 22.7. The van der Waals surface area contributed by atoms with Crippen molar-refractivity contribution >= 4 is 45.6 Å². The largest absolute Gasteiger partial charge is 0.463 e. The summed E-state index contributed by atoms with van der Waals surface area (Å²) in [5.41, 5.74) is 2.35. The van der Waals surface area contributed by atoms with Gasteiger partial charge in [0, 0.05) is 16.8 Å². The van der Waals surface area contributed by atoms with Gasteiger partial charge in [-0.2, -0.15) is 0 Å². The van der Waals surface area contributed by atoms with Gasteiger partial charge in [0.25, 0.3) is 5.91 Å². The molecule has 3 aromatic carbocycles. The van der Waals surface area contributed by atoms with Gasteiger partial charge in [-0.05, 0) is 50.1 Å². The van der Waals surface area contributed by atoms with E-state index in [0.717, 1.165) is 21.9 Å². The molecule has 2 aliphatic heterocycles. The maximum atomic E-state index is 13.8. The summed E-state index contributed by atoms with van der Waals surface area (Å²) in [5.74, 6) is -1.88. The third kappa shape index (κ3) is 3.22. The van der Waals surface area contributed by atoms with Crippen LogP contribution in [-0.4, -0.2) is 31.1 Å². The summed E-state index contributed by atoms with van der Waals surface area (Å²) >= 11 is 0. The Balaban J connectivity index is 1.96. The van der Waals surface area contributed by atoms with E-state index in [9.17, 15) is 14.4 Å². The highest BCUT2D eigenvalue weighted by Gasteiger charge is 2.58. The monoisotopic (exact) mass is 470 g/mol. The van der Waals surface area contributed by atoms with Gasteiger partial charge in [-0.1, -0.05) is 48.0 Å². The second-order valence-corrected chi connectivity index (χ2v) is 8.73. The summed E-state index contributed by atoms with van der Waals surface area (Å²) < 4.78 is 10.9. The van der Waals surface area contributed by atoms with Gasteiger partial charge in [0.1, 0.15) is 0 Å². The highest BCUT2D eigenvalue weighted by atomic mass is 16.5. The van der Waals surface area contributed by atoms with Crippen LogP contribution in [0.25, 0.3) is 16.3 Å². The fraction of sp³-hybridized carbons (Fsp3) is 0.250. The molecule has 0 bridgehead atoms. The fourth-order valence-electron chi connectivity index (χ4n) is 5.22. The number of fused-ring (bicyclic) bond motifs is 5. The Morgan fingerprint density at radius 3 is 2.40 bits per heavy atom. The zero-order valence-electron chi connectivity index (χ0n) is 20.1. The topological polar surface area (TPSA) is 93.7 Å². The minimum atomic E-state index is -1.66. The van der Waals surface area contributed by atoms with E-state index in [1.807, 2.05) is 62.4 Å². The van der Waals surface area contributed by atoms with Crippen LogP contribution in [-0.2, 0) is 29.4 Å². The molecule has 3 aromatic rings. The SMILES string of the molecule is CCOC(=O)C1=C(C(=O)OCC)C2(Nc3ccc4ccccc4c31)C(=O)Nc1c(C)cc(C)cc12. The van der Waals surface area contributed by atoms with E-state index in [4.69, 9.17) is 9.47 Å². The number of carbonyl (C=O) groups is 3. The van der Waals surface area contributed by atoms with E-state index in [0.29, 0.717) is 22.5 Å².